The Morgan fingerprint density at radius 1 is 0.788 bits per heavy atom. The minimum Gasteiger partial charge on any atom is -0.356 e. The number of anilines is 4. The largest absolute Gasteiger partial charge is 0.356 e. The fourth-order valence-electron chi connectivity index (χ4n) is 3.49. The number of hydrogen-bond acceptors (Lipinski definition) is 5. The smallest absolute Gasteiger partial charge is 0.113 e. The van der Waals surface area contributed by atoms with E-state index in [4.69, 9.17) is 11.6 Å². The maximum atomic E-state index is 6.28. The highest BCUT2D eigenvalue weighted by Gasteiger charge is 2.08. The van der Waals surface area contributed by atoms with Crippen molar-refractivity contribution >= 4 is 34.4 Å². The molecule has 2 N–H and O–H groups in total. The summed E-state index contributed by atoms with van der Waals surface area (Å²) in [5, 5.41) is 16.1. The van der Waals surface area contributed by atoms with E-state index in [-0.39, 0.29) is 0 Å². The second kappa shape index (κ2) is 9.14. The maximum Gasteiger partial charge on any atom is 0.113 e. The molecule has 2 aromatic heterocycles. The highest BCUT2D eigenvalue weighted by Crippen LogP contribution is 2.27. The Kier molecular flexibility index (Phi) is 5.74. The molecule has 5 rings (SSSR count). The van der Waals surface area contributed by atoms with Crippen LogP contribution in [0.5, 0.6) is 0 Å². The van der Waals surface area contributed by atoms with Crippen LogP contribution in [0.2, 0.25) is 5.02 Å². The number of benzene rings is 3. The van der Waals surface area contributed by atoms with Gasteiger partial charge in [-0.3, -0.25) is 4.98 Å². The molecule has 0 aliphatic carbocycles. The van der Waals surface area contributed by atoms with E-state index < -0.39 is 0 Å². The van der Waals surface area contributed by atoms with Crippen LogP contribution in [0.15, 0.2) is 97.3 Å². The predicted molar refractivity (Wildman–Crippen MR) is 134 cm³/mol. The van der Waals surface area contributed by atoms with E-state index in [0.717, 1.165) is 45.4 Å². The fraction of sp³-hybridized carbons (Fsp3) is 0.0385. The predicted octanol–water partition coefficient (Wildman–Crippen LogP) is 6.78. The zero-order valence-corrected chi connectivity index (χ0v) is 18.7. The monoisotopic (exact) mass is 452 g/mol. The first-order valence-electron chi connectivity index (χ1n) is 10.5. The van der Waals surface area contributed by atoms with E-state index in [2.05, 4.69) is 32.0 Å². The second-order valence-corrected chi connectivity index (χ2v) is 8.01. The quantitative estimate of drug-likeness (QED) is 0.297. The van der Waals surface area contributed by atoms with Gasteiger partial charge in [-0.2, -0.15) is 0 Å². The normalized spacial score (nSPS) is 10.7. The summed E-state index contributed by atoms with van der Waals surface area (Å²) < 4.78 is 1.76. The third kappa shape index (κ3) is 4.86. The van der Waals surface area contributed by atoms with Gasteiger partial charge in [0.05, 0.1) is 22.6 Å². The molecule has 0 spiro atoms. The number of nitrogens with zero attached hydrogens (tertiary/aromatic N) is 4. The number of para-hydroxylation sites is 1. The molecule has 6 nitrogen and oxygen atoms in total. The van der Waals surface area contributed by atoms with Gasteiger partial charge in [0.15, 0.2) is 0 Å². The van der Waals surface area contributed by atoms with Gasteiger partial charge < -0.3 is 10.6 Å². The van der Waals surface area contributed by atoms with E-state index in [0.29, 0.717) is 5.02 Å². The van der Waals surface area contributed by atoms with Gasteiger partial charge in [0.1, 0.15) is 5.69 Å². The van der Waals surface area contributed by atoms with Crippen LogP contribution in [0.1, 0.15) is 5.69 Å². The van der Waals surface area contributed by atoms with Gasteiger partial charge in [-0.15, -0.1) is 5.10 Å². The average Bonchev–Trinajstić information content (AvgIpc) is 3.33. The number of aromatic nitrogens is 4. The summed E-state index contributed by atoms with van der Waals surface area (Å²) in [7, 11) is 0. The number of hydrogen-bond donors (Lipinski definition) is 2. The highest BCUT2D eigenvalue weighted by molar-refractivity contribution is 6.33. The van der Waals surface area contributed by atoms with Crippen LogP contribution in [0, 0.1) is 6.92 Å². The Morgan fingerprint density at radius 3 is 2.39 bits per heavy atom. The second-order valence-electron chi connectivity index (χ2n) is 7.60. The lowest BCUT2D eigenvalue weighted by atomic mass is 10.1. The SMILES string of the molecule is Cc1cc(Nc2cccc(-n3cc(-c4cccc(Nc5ccccc5)c4)nn3)c2)c(Cl)cn1. The minimum atomic E-state index is 0.568. The third-order valence-electron chi connectivity index (χ3n) is 5.10. The Bertz CT molecular complexity index is 1400. The Hall–Kier alpha value is -4.16. The van der Waals surface area contributed by atoms with Crippen LogP contribution in [-0.4, -0.2) is 20.0 Å². The first-order chi connectivity index (χ1) is 16.1. The van der Waals surface area contributed by atoms with Crippen LogP contribution in [0.25, 0.3) is 16.9 Å². The molecule has 0 aliphatic rings. The standard InChI is InChI=1S/C26H21ClN6/c1-18-13-25(24(27)16-28-18)30-22-11-6-12-23(15-22)33-17-26(31-32-33)19-7-5-10-21(14-19)29-20-8-3-2-4-9-20/h2-17,29H,1H3,(H,28,30). The summed E-state index contributed by atoms with van der Waals surface area (Å²) in [6.07, 6.45) is 3.57. The lowest BCUT2D eigenvalue weighted by molar-refractivity contribution is 0.804. The summed E-state index contributed by atoms with van der Waals surface area (Å²) in [6, 6.07) is 28.0. The van der Waals surface area contributed by atoms with Crippen LogP contribution >= 0.6 is 11.6 Å². The topological polar surface area (TPSA) is 67.7 Å². The van der Waals surface area contributed by atoms with Crippen molar-refractivity contribution in [3.8, 4) is 16.9 Å². The van der Waals surface area contributed by atoms with Crippen molar-refractivity contribution in [2.75, 3.05) is 10.6 Å². The summed E-state index contributed by atoms with van der Waals surface area (Å²) in [6.45, 7) is 1.93. The molecule has 33 heavy (non-hydrogen) atoms. The molecule has 7 heteroatoms. The minimum absolute atomic E-state index is 0.568. The van der Waals surface area contributed by atoms with Crippen LogP contribution in [-0.2, 0) is 0 Å². The van der Waals surface area contributed by atoms with Gasteiger partial charge in [0, 0.05) is 34.5 Å². The Morgan fingerprint density at radius 2 is 1.55 bits per heavy atom. The zero-order valence-electron chi connectivity index (χ0n) is 17.9. The average molecular weight is 453 g/mol. The molecule has 2 heterocycles. The molecular formula is C26H21ClN6. The lowest BCUT2D eigenvalue weighted by Gasteiger charge is -2.10. The van der Waals surface area contributed by atoms with Crippen molar-refractivity contribution in [1.29, 1.82) is 0 Å². The molecule has 0 atom stereocenters. The number of nitrogens with one attached hydrogen (secondary N) is 2. The lowest BCUT2D eigenvalue weighted by Crippen LogP contribution is -1.98. The molecule has 0 radical (unpaired) electrons. The zero-order chi connectivity index (χ0) is 22.6. The molecule has 0 fully saturated rings. The molecule has 0 saturated heterocycles. The molecule has 0 aliphatic heterocycles. The van der Waals surface area contributed by atoms with Crippen molar-refractivity contribution < 1.29 is 0 Å². The number of halogens is 1. The van der Waals surface area contributed by atoms with Crippen LogP contribution in [0.4, 0.5) is 22.7 Å². The van der Waals surface area contributed by atoms with Gasteiger partial charge in [0.2, 0.25) is 0 Å². The van der Waals surface area contributed by atoms with Crippen molar-refractivity contribution in [2.24, 2.45) is 0 Å². The third-order valence-corrected chi connectivity index (χ3v) is 5.40. The van der Waals surface area contributed by atoms with Crippen molar-refractivity contribution in [1.82, 2.24) is 20.0 Å². The molecule has 0 unspecified atom stereocenters. The molecule has 162 valence electrons. The molecule has 0 amide bonds. The Labute approximate surface area is 196 Å². The summed E-state index contributed by atoms with van der Waals surface area (Å²) in [5.41, 5.74) is 7.28. The van der Waals surface area contributed by atoms with Crippen molar-refractivity contribution in [2.45, 2.75) is 6.92 Å². The first kappa shape index (κ1) is 20.7. The first-order valence-corrected chi connectivity index (χ1v) is 10.9. The number of aryl methyl sites for hydroxylation is 1. The Balaban J connectivity index is 1.37. The molecule has 0 bridgehead atoms. The molecule has 0 saturated carbocycles. The van der Waals surface area contributed by atoms with E-state index in [1.165, 1.54) is 0 Å². The van der Waals surface area contributed by atoms with Crippen LogP contribution < -0.4 is 10.6 Å². The van der Waals surface area contributed by atoms with Gasteiger partial charge in [-0.1, -0.05) is 53.2 Å². The van der Waals surface area contributed by atoms with Gasteiger partial charge in [0.25, 0.3) is 0 Å². The van der Waals surface area contributed by atoms with Gasteiger partial charge >= 0.3 is 0 Å². The van der Waals surface area contributed by atoms with E-state index in [9.17, 15) is 0 Å². The van der Waals surface area contributed by atoms with E-state index in [1.54, 1.807) is 10.9 Å². The summed E-state index contributed by atoms with van der Waals surface area (Å²) >= 11 is 6.28. The summed E-state index contributed by atoms with van der Waals surface area (Å²) in [4.78, 5) is 4.21. The van der Waals surface area contributed by atoms with E-state index in [1.807, 2.05) is 92.0 Å². The van der Waals surface area contributed by atoms with Gasteiger partial charge in [-0.05, 0) is 55.5 Å². The molecule has 5 aromatic rings. The van der Waals surface area contributed by atoms with Crippen LogP contribution in [0.3, 0.4) is 0 Å². The molecule has 3 aromatic carbocycles. The maximum absolute atomic E-state index is 6.28. The van der Waals surface area contributed by atoms with Gasteiger partial charge in [-0.25, -0.2) is 4.68 Å². The highest BCUT2D eigenvalue weighted by atomic mass is 35.5. The molecular weight excluding hydrogens is 432 g/mol. The van der Waals surface area contributed by atoms with Crippen molar-refractivity contribution in [3.63, 3.8) is 0 Å². The van der Waals surface area contributed by atoms with E-state index >= 15 is 0 Å². The van der Waals surface area contributed by atoms with Crippen molar-refractivity contribution in [3.05, 3.63) is 108 Å². The fourth-order valence-corrected chi connectivity index (χ4v) is 3.64. The number of pyridine rings is 1. The summed E-state index contributed by atoms with van der Waals surface area (Å²) in [5.74, 6) is 0. The number of rotatable bonds is 6.